The number of nitrogen functional groups attached to an aromatic ring is 1. The molecular formula is C12H19N3O5S. The second-order valence-corrected chi connectivity index (χ2v) is 6.08. The summed E-state index contributed by atoms with van der Waals surface area (Å²) in [7, 11) is -3.46. The van der Waals surface area contributed by atoms with Gasteiger partial charge in [0.2, 0.25) is 15.9 Å². The molecule has 1 aromatic rings. The first-order chi connectivity index (χ1) is 9.89. The molecule has 0 aliphatic heterocycles. The average Bonchev–Trinajstić information content (AvgIpc) is 2.37. The van der Waals surface area contributed by atoms with E-state index in [1.807, 2.05) is 0 Å². The van der Waals surface area contributed by atoms with Crippen LogP contribution in [0.25, 0.3) is 0 Å². The molecule has 8 nitrogen and oxygen atoms in total. The van der Waals surface area contributed by atoms with Gasteiger partial charge < -0.3 is 20.9 Å². The summed E-state index contributed by atoms with van der Waals surface area (Å²) < 4.78 is 35.7. The van der Waals surface area contributed by atoms with Crippen molar-refractivity contribution in [3.8, 4) is 5.75 Å². The molecule has 0 fully saturated rings. The number of amides is 1. The van der Waals surface area contributed by atoms with Crippen molar-refractivity contribution in [3.05, 3.63) is 24.3 Å². The maximum Gasteiger partial charge on any atom is 0.243 e. The average molecular weight is 317 g/mol. The van der Waals surface area contributed by atoms with E-state index in [1.54, 1.807) is 24.3 Å². The largest absolute Gasteiger partial charge is 0.492 e. The zero-order chi connectivity index (χ0) is 15.7. The minimum atomic E-state index is -3.46. The number of primary amides is 1. The molecule has 5 N–H and O–H groups in total. The Morgan fingerprint density at radius 1 is 1.29 bits per heavy atom. The molecule has 0 bridgehead atoms. The van der Waals surface area contributed by atoms with Gasteiger partial charge in [-0.3, -0.25) is 4.79 Å². The Labute approximate surface area is 123 Å². The molecule has 0 saturated heterocycles. The number of benzene rings is 1. The number of hydrogen-bond acceptors (Lipinski definition) is 6. The SMILES string of the molecule is NC(=O)COCCNS(=O)(=O)CCOc1cccc(N)c1. The van der Waals surface area contributed by atoms with Gasteiger partial charge in [0.25, 0.3) is 0 Å². The minimum Gasteiger partial charge on any atom is -0.492 e. The van der Waals surface area contributed by atoms with E-state index in [4.69, 9.17) is 20.9 Å². The smallest absolute Gasteiger partial charge is 0.243 e. The highest BCUT2D eigenvalue weighted by atomic mass is 32.2. The molecule has 0 aliphatic carbocycles. The molecule has 21 heavy (non-hydrogen) atoms. The fourth-order valence-corrected chi connectivity index (χ4v) is 2.23. The van der Waals surface area contributed by atoms with E-state index in [9.17, 15) is 13.2 Å². The van der Waals surface area contributed by atoms with Crippen molar-refractivity contribution in [1.82, 2.24) is 4.72 Å². The fourth-order valence-electron chi connectivity index (χ4n) is 1.39. The van der Waals surface area contributed by atoms with Crippen LogP contribution in [0.5, 0.6) is 5.75 Å². The van der Waals surface area contributed by atoms with Gasteiger partial charge in [0, 0.05) is 18.3 Å². The van der Waals surface area contributed by atoms with Crippen molar-refractivity contribution in [1.29, 1.82) is 0 Å². The number of nitrogens with two attached hydrogens (primary N) is 2. The van der Waals surface area contributed by atoms with E-state index in [1.165, 1.54) is 0 Å². The Kier molecular flexibility index (Phi) is 6.92. The molecule has 118 valence electrons. The minimum absolute atomic E-state index is 0.000922. The maximum absolute atomic E-state index is 11.6. The molecule has 0 aliphatic rings. The topological polar surface area (TPSA) is 134 Å². The van der Waals surface area contributed by atoms with Crippen molar-refractivity contribution < 1.29 is 22.7 Å². The molecule has 0 heterocycles. The Hall–Kier alpha value is -1.84. The lowest BCUT2D eigenvalue weighted by Crippen LogP contribution is -2.32. The first-order valence-electron chi connectivity index (χ1n) is 6.21. The zero-order valence-electron chi connectivity index (χ0n) is 11.4. The van der Waals surface area contributed by atoms with Crippen molar-refractivity contribution in [2.24, 2.45) is 5.73 Å². The number of rotatable bonds is 10. The summed E-state index contributed by atoms with van der Waals surface area (Å²) in [5, 5.41) is 0. The van der Waals surface area contributed by atoms with E-state index in [0.717, 1.165) is 0 Å². The lowest BCUT2D eigenvalue weighted by Gasteiger charge is -2.09. The molecule has 1 rings (SSSR count). The van der Waals surface area contributed by atoms with Crippen LogP contribution in [0.2, 0.25) is 0 Å². The number of nitrogens with one attached hydrogen (secondary N) is 1. The fraction of sp³-hybridized carbons (Fsp3) is 0.417. The molecule has 1 aromatic carbocycles. The standard InChI is InChI=1S/C12H19N3O5S/c13-10-2-1-3-11(8-10)20-6-7-21(17,18)15-4-5-19-9-12(14)16/h1-3,8,15H,4-7,9,13H2,(H2,14,16). The van der Waals surface area contributed by atoms with E-state index in [2.05, 4.69) is 4.72 Å². The molecule has 0 unspecified atom stereocenters. The number of hydrogen-bond donors (Lipinski definition) is 3. The molecular weight excluding hydrogens is 298 g/mol. The number of anilines is 1. The van der Waals surface area contributed by atoms with Crippen LogP contribution in [0.3, 0.4) is 0 Å². The Bertz CT molecular complexity index is 562. The van der Waals surface area contributed by atoms with Crippen molar-refractivity contribution in [2.45, 2.75) is 0 Å². The summed E-state index contributed by atoms with van der Waals surface area (Å²) in [4.78, 5) is 10.4. The monoisotopic (exact) mass is 317 g/mol. The van der Waals surface area contributed by atoms with E-state index in [0.29, 0.717) is 11.4 Å². The number of carbonyl (C=O) groups excluding carboxylic acids is 1. The van der Waals surface area contributed by atoms with Gasteiger partial charge in [-0.05, 0) is 12.1 Å². The highest BCUT2D eigenvalue weighted by Gasteiger charge is 2.10. The number of carbonyl (C=O) groups is 1. The van der Waals surface area contributed by atoms with Crippen LogP contribution >= 0.6 is 0 Å². The summed E-state index contributed by atoms with van der Waals surface area (Å²) in [6.45, 7) is -0.104. The van der Waals surface area contributed by atoms with Crippen LogP contribution in [0.4, 0.5) is 5.69 Å². The van der Waals surface area contributed by atoms with Gasteiger partial charge in [0.15, 0.2) is 0 Å². The van der Waals surface area contributed by atoms with Crippen molar-refractivity contribution in [3.63, 3.8) is 0 Å². The summed E-state index contributed by atoms with van der Waals surface area (Å²) in [6.07, 6.45) is 0. The van der Waals surface area contributed by atoms with Crippen molar-refractivity contribution in [2.75, 3.05) is 37.9 Å². The van der Waals surface area contributed by atoms with Crippen LogP contribution in [-0.2, 0) is 19.6 Å². The highest BCUT2D eigenvalue weighted by molar-refractivity contribution is 7.89. The van der Waals surface area contributed by atoms with Gasteiger partial charge in [0.1, 0.15) is 19.0 Å². The molecule has 1 amide bonds. The Balaban J connectivity index is 2.22. The summed E-state index contributed by atoms with van der Waals surface area (Å²) in [5.41, 5.74) is 11.0. The number of sulfonamides is 1. The van der Waals surface area contributed by atoms with Crippen LogP contribution in [0.1, 0.15) is 0 Å². The van der Waals surface area contributed by atoms with Gasteiger partial charge >= 0.3 is 0 Å². The zero-order valence-corrected chi connectivity index (χ0v) is 12.3. The third-order valence-electron chi connectivity index (χ3n) is 2.29. The van der Waals surface area contributed by atoms with Gasteiger partial charge in [0.05, 0.1) is 12.4 Å². The Morgan fingerprint density at radius 3 is 2.71 bits per heavy atom. The summed E-state index contributed by atoms with van der Waals surface area (Å²) in [6, 6.07) is 6.72. The lowest BCUT2D eigenvalue weighted by molar-refractivity contribution is -0.122. The maximum atomic E-state index is 11.6. The van der Waals surface area contributed by atoms with Crippen molar-refractivity contribution >= 4 is 21.6 Å². The molecule has 0 atom stereocenters. The third kappa shape index (κ3) is 8.12. The van der Waals surface area contributed by atoms with E-state index >= 15 is 0 Å². The normalized spacial score (nSPS) is 11.2. The number of ether oxygens (including phenoxy) is 2. The molecule has 0 radical (unpaired) electrons. The van der Waals surface area contributed by atoms with Gasteiger partial charge in [-0.2, -0.15) is 0 Å². The van der Waals surface area contributed by atoms with E-state index in [-0.39, 0.29) is 32.1 Å². The van der Waals surface area contributed by atoms with Crippen LogP contribution < -0.4 is 20.9 Å². The first kappa shape index (κ1) is 17.2. The summed E-state index contributed by atoms with van der Waals surface area (Å²) >= 11 is 0. The van der Waals surface area contributed by atoms with E-state index < -0.39 is 15.9 Å². The Morgan fingerprint density at radius 2 is 2.05 bits per heavy atom. The molecule has 0 saturated carbocycles. The molecule has 0 spiro atoms. The lowest BCUT2D eigenvalue weighted by atomic mass is 10.3. The second kappa shape index (κ2) is 8.45. The predicted molar refractivity (Wildman–Crippen MR) is 78.2 cm³/mol. The molecule has 0 aromatic heterocycles. The van der Waals surface area contributed by atoms with Gasteiger partial charge in [-0.1, -0.05) is 6.07 Å². The van der Waals surface area contributed by atoms with Crippen LogP contribution in [0.15, 0.2) is 24.3 Å². The third-order valence-corrected chi connectivity index (χ3v) is 3.64. The summed E-state index contributed by atoms with van der Waals surface area (Å²) in [5.74, 6) is -0.291. The van der Waals surface area contributed by atoms with Crippen LogP contribution in [-0.4, -0.2) is 46.4 Å². The van der Waals surface area contributed by atoms with Crippen LogP contribution in [0, 0.1) is 0 Å². The van der Waals surface area contributed by atoms with Gasteiger partial charge in [-0.25, -0.2) is 13.1 Å². The predicted octanol–water partition coefficient (Wildman–Crippen LogP) is -0.931. The first-order valence-corrected chi connectivity index (χ1v) is 7.86. The second-order valence-electron chi connectivity index (χ2n) is 4.15. The van der Waals surface area contributed by atoms with Gasteiger partial charge in [-0.15, -0.1) is 0 Å². The highest BCUT2D eigenvalue weighted by Crippen LogP contribution is 2.14. The quantitative estimate of drug-likeness (QED) is 0.377. The molecule has 9 heteroatoms.